The molecule has 0 spiro atoms. The number of fused-ring (bicyclic) bond motifs is 1. The number of amides is 2. The summed E-state index contributed by atoms with van der Waals surface area (Å²) in [4.78, 5) is 54.1. The Labute approximate surface area is 180 Å². The van der Waals surface area contributed by atoms with Crippen LogP contribution in [0.4, 0.5) is 0 Å². The standard InChI is InChI=1S/C23H27N5O3/c1-14-12-24-9-7-16(14)23(31)27-11-8-18-17(13-27)21(29)26-20(25-18)19-6-3-10-28(19)22(30)15-4-2-5-15/h7,9,12,15,19H,2-6,8,10-11,13H2,1H3,(H,25,26,29). The maximum Gasteiger partial charge on any atom is 0.256 e. The number of carbonyl (C=O) groups is 2. The zero-order chi connectivity index (χ0) is 21.5. The number of hydrogen-bond donors (Lipinski definition) is 1. The van der Waals surface area contributed by atoms with E-state index in [1.165, 1.54) is 0 Å². The molecule has 1 saturated carbocycles. The number of rotatable bonds is 3. The molecule has 162 valence electrons. The summed E-state index contributed by atoms with van der Waals surface area (Å²) >= 11 is 0. The number of aryl methyl sites for hydroxylation is 1. The molecule has 1 saturated heterocycles. The monoisotopic (exact) mass is 421 g/mol. The Bertz CT molecular complexity index is 1090. The van der Waals surface area contributed by atoms with Crippen LogP contribution in [0.2, 0.25) is 0 Å². The van der Waals surface area contributed by atoms with Crippen LogP contribution in [0.3, 0.4) is 0 Å². The molecular formula is C23H27N5O3. The number of nitrogens with zero attached hydrogens (tertiary/aromatic N) is 4. The average molecular weight is 422 g/mol. The summed E-state index contributed by atoms with van der Waals surface area (Å²) in [6.45, 7) is 3.35. The van der Waals surface area contributed by atoms with E-state index in [-0.39, 0.29) is 35.9 Å². The van der Waals surface area contributed by atoms with Crippen LogP contribution in [-0.2, 0) is 17.8 Å². The Morgan fingerprint density at radius 3 is 2.74 bits per heavy atom. The van der Waals surface area contributed by atoms with Crippen molar-refractivity contribution in [1.29, 1.82) is 0 Å². The molecule has 4 heterocycles. The molecule has 8 nitrogen and oxygen atoms in total. The van der Waals surface area contributed by atoms with Crippen molar-refractivity contribution in [3.63, 3.8) is 0 Å². The molecule has 1 N–H and O–H groups in total. The molecule has 31 heavy (non-hydrogen) atoms. The van der Waals surface area contributed by atoms with Gasteiger partial charge in [0, 0.05) is 43.4 Å². The third-order valence-electron chi connectivity index (χ3n) is 6.93. The molecule has 2 aliphatic heterocycles. The fraction of sp³-hybridized carbons (Fsp3) is 0.522. The highest BCUT2D eigenvalue weighted by atomic mass is 16.2. The van der Waals surface area contributed by atoms with Gasteiger partial charge in [0.1, 0.15) is 5.82 Å². The molecule has 2 amide bonds. The minimum atomic E-state index is -0.202. The highest BCUT2D eigenvalue weighted by molar-refractivity contribution is 5.95. The minimum Gasteiger partial charge on any atom is -0.334 e. The lowest BCUT2D eigenvalue weighted by Gasteiger charge is -2.33. The van der Waals surface area contributed by atoms with Gasteiger partial charge in [-0.25, -0.2) is 4.98 Å². The largest absolute Gasteiger partial charge is 0.334 e. The maximum absolute atomic E-state index is 13.0. The van der Waals surface area contributed by atoms with E-state index >= 15 is 0 Å². The predicted octanol–water partition coefficient (Wildman–Crippen LogP) is 2.14. The van der Waals surface area contributed by atoms with E-state index in [1.807, 2.05) is 11.8 Å². The van der Waals surface area contributed by atoms with Crippen molar-refractivity contribution in [2.75, 3.05) is 13.1 Å². The normalized spacial score (nSPS) is 21.0. The van der Waals surface area contributed by atoms with Gasteiger partial charge in [-0.05, 0) is 44.2 Å². The van der Waals surface area contributed by atoms with Gasteiger partial charge in [-0.15, -0.1) is 0 Å². The van der Waals surface area contributed by atoms with Gasteiger partial charge < -0.3 is 14.8 Å². The minimum absolute atomic E-state index is 0.0953. The molecule has 8 heteroatoms. The van der Waals surface area contributed by atoms with Crippen LogP contribution in [0, 0.1) is 12.8 Å². The van der Waals surface area contributed by atoms with Crippen LogP contribution >= 0.6 is 0 Å². The van der Waals surface area contributed by atoms with Crippen LogP contribution in [0.5, 0.6) is 0 Å². The third kappa shape index (κ3) is 3.54. The first-order chi connectivity index (χ1) is 15.0. The second-order valence-corrected chi connectivity index (χ2v) is 8.86. The summed E-state index contributed by atoms with van der Waals surface area (Å²) in [5.74, 6) is 0.848. The van der Waals surface area contributed by atoms with Crippen LogP contribution in [-0.4, -0.2) is 49.7 Å². The number of H-pyrrole nitrogens is 1. The first-order valence-electron chi connectivity index (χ1n) is 11.1. The van der Waals surface area contributed by atoms with Gasteiger partial charge in [0.25, 0.3) is 11.5 Å². The molecule has 0 aromatic carbocycles. The average Bonchev–Trinajstić information content (AvgIpc) is 3.22. The molecular weight excluding hydrogens is 394 g/mol. The fourth-order valence-corrected chi connectivity index (χ4v) is 4.86. The highest BCUT2D eigenvalue weighted by Gasteiger charge is 2.38. The second kappa shape index (κ2) is 7.90. The van der Waals surface area contributed by atoms with Crippen molar-refractivity contribution in [2.24, 2.45) is 5.92 Å². The lowest BCUT2D eigenvalue weighted by Crippen LogP contribution is -2.42. The summed E-state index contributed by atoms with van der Waals surface area (Å²) in [6, 6.07) is 1.57. The fourth-order valence-electron chi connectivity index (χ4n) is 4.86. The van der Waals surface area contributed by atoms with Gasteiger partial charge in [-0.3, -0.25) is 19.4 Å². The van der Waals surface area contributed by atoms with Crippen LogP contribution < -0.4 is 5.56 Å². The van der Waals surface area contributed by atoms with Gasteiger partial charge in [0.15, 0.2) is 0 Å². The summed E-state index contributed by atoms with van der Waals surface area (Å²) < 4.78 is 0. The highest BCUT2D eigenvalue weighted by Crippen LogP contribution is 2.36. The van der Waals surface area contributed by atoms with Crippen molar-refractivity contribution >= 4 is 11.8 Å². The van der Waals surface area contributed by atoms with E-state index in [1.54, 1.807) is 23.4 Å². The van der Waals surface area contributed by atoms with E-state index in [9.17, 15) is 14.4 Å². The van der Waals surface area contributed by atoms with Gasteiger partial charge in [-0.1, -0.05) is 6.42 Å². The number of aromatic amines is 1. The molecule has 0 bridgehead atoms. The molecule has 3 aliphatic rings. The number of carbonyl (C=O) groups excluding carboxylic acids is 2. The Balaban J connectivity index is 1.38. The quantitative estimate of drug-likeness (QED) is 0.819. The Morgan fingerprint density at radius 2 is 2.00 bits per heavy atom. The molecule has 1 unspecified atom stereocenters. The zero-order valence-corrected chi connectivity index (χ0v) is 17.8. The van der Waals surface area contributed by atoms with E-state index in [2.05, 4.69) is 9.97 Å². The van der Waals surface area contributed by atoms with E-state index in [0.717, 1.165) is 49.9 Å². The van der Waals surface area contributed by atoms with Crippen molar-refractivity contribution in [3.8, 4) is 0 Å². The SMILES string of the molecule is Cc1cnccc1C(=O)N1CCc2nc(C3CCCN3C(=O)C3CCC3)[nH]c(=O)c2C1. The van der Waals surface area contributed by atoms with Crippen LogP contribution in [0.1, 0.15) is 71.1 Å². The summed E-state index contributed by atoms with van der Waals surface area (Å²) in [6.07, 6.45) is 8.63. The second-order valence-electron chi connectivity index (χ2n) is 8.86. The third-order valence-corrected chi connectivity index (χ3v) is 6.93. The topological polar surface area (TPSA) is 99.3 Å². The zero-order valence-electron chi connectivity index (χ0n) is 17.8. The lowest BCUT2D eigenvalue weighted by molar-refractivity contribution is -0.139. The molecule has 5 rings (SSSR count). The van der Waals surface area contributed by atoms with Gasteiger partial charge in [-0.2, -0.15) is 0 Å². The number of likely N-dealkylation sites (tertiary alicyclic amines) is 1. The summed E-state index contributed by atoms with van der Waals surface area (Å²) in [7, 11) is 0. The molecule has 2 fully saturated rings. The van der Waals surface area contributed by atoms with Crippen molar-refractivity contribution < 1.29 is 9.59 Å². The Kier molecular flexibility index (Phi) is 5.08. The smallest absolute Gasteiger partial charge is 0.256 e. The van der Waals surface area contributed by atoms with Gasteiger partial charge in [0.05, 0.1) is 23.8 Å². The van der Waals surface area contributed by atoms with E-state index in [0.29, 0.717) is 29.9 Å². The predicted molar refractivity (Wildman–Crippen MR) is 113 cm³/mol. The first-order valence-corrected chi connectivity index (χ1v) is 11.1. The number of pyridine rings is 1. The molecule has 2 aromatic heterocycles. The van der Waals surface area contributed by atoms with Crippen molar-refractivity contribution in [2.45, 2.75) is 58.0 Å². The summed E-state index contributed by atoms with van der Waals surface area (Å²) in [5.41, 5.74) is 2.52. The lowest BCUT2D eigenvalue weighted by atomic mass is 9.84. The summed E-state index contributed by atoms with van der Waals surface area (Å²) in [5, 5.41) is 0. The Hall–Kier alpha value is -3.03. The molecule has 1 atom stereocenters. The molecule has 1 aliphatic carbocycles. The van der Waals surface area contributed by atoms with E-state index < -0.39 is 0 Å². The van der Waals surface area contributed by atoms with Crippen LogP contribution in [0.25, 0.3) is 0 Å². The Morgan fingerprint density at radius 1 is 1.16 bits per heavy atom. The molecule has 2 aromatic rings. The number of aromatic nitrogens is 3. The van der Waals surface area contributed by atoms with Crippen LogP contribution in [0.15, 0.2) is 23.3 Å². The number of hydrogen-bond acceptors (Lipinski definition) is 5. The first kappa shape index (κ1) is 19.9. The van der Waals surface area contributed by atoms with Gasteiger partial charge in [0.2, 0.25) is 5.91 Å². The van der Waals surface area contributed by atoms with Crippen molar-refractivity contribution in [3.05, 3.63) is 57.0 Å². The van der Waals surface area contributed by atoms with E-state index in [4.69, 9.17) is 4.98 Å². The maximum atomic E-state index is 13.0. The van der Waals surface area contributed by atoms with Crippen molar-refractivity contribution in [1.82, 2.24) is 24.8 Å². The van der Waals surface area contributed by atoms with Gasteiger partial charge >= 0.3 is 0 Å². The number of nitrogens with one attached hydrogen (secondary N) is 1. The molecule has 0 radical (unpaired) electrons.